The normalized spacial score (nSPS) is 11.7. The summed E-state index contributed by atoms with van der Waals surface area (Å²) in [5.41, 5.74) is 0.881. The molecule has 156 valence electrons. The van der Waals surface area contributed by atoms with Crippen molar-refractivity contribution >= 4 is 23.4 Å². The van der Waals surface area contributed by atoms with Crippen LogP contribution in [0.25, 0.3) is 0 Å². The molecule has 0 saturated heterocycles. The van der Waals surface area contributed by atoms with E-state index in [0.29, 0.717) is 10.8 Å². The maximum Gasteiger partial charge on any atom is 0.261 e. The van der Waals surface area contributed by atoms with Crippen LogP contribution in [0.15, 0.2) is 48.5 Å². The molecule has 0 fully saturated rings. The fraction of sp³-hybridized carbons (Fsp3) is 0.364. The molecule has 1 N–H and O–H groups in total. The predicted octanol–water partition coefficient (Wildman–Crippen LogP) is 3.67. The van der Waals surface area contributed by atoms with Crippen molar-refractivity contribution < 1.29 is 19.1 Å². The van der Waals surface area contributed by atoms with Crippen LogP contribution in [-0.4, -0.2) is 42.5 Å². The molecule has 0 heterocycles. The second-order valence-electron chi connectivity index (χ2n) is 6.96. The third-order valence-electron chi connectivity index (χ3n) is 4.27. The van der Waals surface area contributed by atoms with Gasteiger partial charge in [0.15, 0.2) is 6.61 Å². The van der Waals surface area contributed by atoms with Gasteiger partial charge < -0.3 is 19.7 Å². The standard InChI is InChI=1S/C22H27ClN2O4/c1-15(2)24-22(27)16(3)25(13-17-8-10-19(28-4)11-9-17)21(26)14-29-20-7-5-6-18(23)12-20/h5-12,15-16H,13-14H2,1-4H3,(H,24,27)/t16-/m0/s1. The van der Waals surface area contributed by atoms with Crippen molar-refractivity contribution in [1.82, 2.24) is 10.2 Å². The first kappa shape index (κ1) is 22.6. The minimum Gasteiger partial charge on any atom is -0.497 e. The Kier molecular flexibility index (Phi) is 8.34. The van der Waals surface area contributed by atoms with E-state index in [9.17, 15) is 9.59 Å². The third kappa shape index (κ3) is 6.98. The quantitative estimate of drug-likeness (QED) is 0.674. The molecule has 7 heteroatoms. The molecule has 0 bridgehead atoms. The zero-order valence-electron chi connectivity index (χ0n) is 17.1. The van der Waals surface area contributed by atoms with Crippen molar-refractivity contribution in [2.24, 2.45) is 0 Å². The Morgan fingerprint density at radius 1 is 1.07 bits per heavy atom. The maximum atomic E-state index is 12.9. The van der Waals surface area contributed by atoms with Crippen LogP contribution in [0.3, 0.4) is 0 Å². The number of nitrogens with zero attached hydrogens (tertiary/aromatic N) is 1. The average molecular weight is 419 g/mol. The van der Waals surface area contributed by atoms with E-state index in [0.717, 1.165) is 11.3 Å². The van der Waals surface area contributed by atoms with Gasteiger partial charge in [0.25, 0.3) is 5.91 Å². The monoisotopic (exact) mass is 418 g/mol. The molecule has 0 aliphatic rings. The van der Waals surface area contributed by atoms with Crippen molar-refractivity contribution in [2.45, 2.75) is 39.4 Å². The summed E-state index contributed by atoms with van der Waals surface area (Å²) in [7, 11) is 1.59. The molecule has 0 spiro atoms. The average Bonchev–Trinajstić information content (AvgIpc) is 2.69. The van der Waals surface area contributed by atoms with Gasteiger partial charge in [-0.15, -0.1) is 0 Å². The van der Waals surface area contributed by atoms with Crippen molar-refractivity contribution in [2.75, 3.05) is 13.7 Å². The number of benzene rings is 2. The zero-order valence-corrected chi connectivity index (χ0v) is 17.9. The number of nitrogens with one attached hydrogen (secondary N) is 1. The zero-order chi connectivity index (χ0) is 21.4. The Balaban J connectivity index is 2.15. The lowest BCUT2D eigenvalue weighted by molar-refractivity contribution is -0.142. The molecule has 0 aliphatic carbocycles. The molecule has 0 aliphatic heterocycles. The Bertz CT molecular complexity index is 824. The number of halogens is 1. The summed E-state index contributed by atoms with van der Waals surface area (Å²) in [6.45, 7) is 5.54. The highest BCUT2D eigenvalue weighted by Gasteiger charge is 2.26. The lowest BCUT2D eigenvalue weighted by atomic mass is 10.1. The van der Waals surface area contributed by atoms with Gasteiger partial charge in [-0.2, -0.15) is 0 Å². The highest BCUT2D eigenvalue weighted by Crippen LogP contribution is 2.18. The van der Waals surface area contributed by atoms with Crippen molar-refractivity contribution in [3.8, 4) is 11.5 Å². The summed E-state index contributed by atoms with van der Waals surface area (Å²) in [4.78, 5) is 27.0. The third-order valence-corrected chi connectivity index (χ3v) is 4.50. The molecular formula is C22H27ClN2O4. The summed E-state index contributed by atoms with van der Waals surface area (Å²) in [5, 5.41) is 3.37. The summed E-state index contributed by atoms with van der Waals surface area (Å²) >= 11 is 5.96. The van der Waals surface area contributed by atoms with E-state index in [1.54, 1.807) is 38.3 Å². The van der Waals surface area contributed by atoms with Gasteiger partial charge in [-0.25, -0.2) is 0 Å². The Labute approximate surface area is 176 Å². The number of methoxy groups -OCH3 is 1. The fourth-order valence-corrected chi connectivity index (χ4v) is 2.88. The van der Waals surface area contributed by atoms with Gasteiger partial charge in [0.1, 0.15) is 17.5 Å². The van der Waals surface area contributed by atoms with Crippen molar-refractivity contribution in [3.63, 3.8) is 0 Å². The van der Waals surface area contributed by atoms with Crippen LogP contribution < -0.4 is 14.8 Å². The Hall–Kier alpha value is -2.73. The van der Waals surface area contributed by atoms with Crippen LogP contribution in [0.4, 0.5) is 0 Å². The first-order chi connectivity index (χ1) is 13.8. The number of rotatable bonds is 9. The summed E-state index contributed by atoms with van der Waals surface area (Å²) < 4.78 is 10.8. The lowest BCUT2D eigenvalue weighted by Gasteiger charge is -2.29. The molecule has 0 saturated carbocycles. The molecule has 0 unspecified atom stereocenters. The molecule has 0 radical (unpaired) electrons. The molecule has 0 aromatic heterocycles. The highest BCUT2D eigenvalue weighted by atomic mass is 35.5. The van der Waals surface area contributed by atoms with Crippen LogP contribution in [0, 0.1) is 0 Å². The lowest BCUT2D eigenvalue weighted by Crippen LogP contribution is -2.50. The van der Waals surface area contributed by atoms with Crippen molar-refractivity contribution in [1.29, 1.82) is 0 Å². The van der Waals surface area contributed by atoms with Crippen LogP contribution in [-0.2, 0) is 16.1 Å². The molecule has 2 rings (SSSR count). The van der Waals surface area contributed by atoms with Crippen LogP contribution in [0.1, 0.15) is 26.3 Å². The number of carbonyl (C=O) groups excluding carboxylic acids is 2. The predicted molar refractivity (Wildman–Crippen MR) is 113 cm³/mol. The summed E-state index contributed by atoms with van der Waals surface area (Å²) in [6.07, 6.45) is 0. The molecule has 2 aromatic carbocycles. The first-order valence-electron chi connectivity index (χ1n) is 9.41. The number of amides is 2. The second kappa shape index (κ2) is 10.7. The molecule has 29 heavy (non-hydrogen) atoms. The van der Waals surface area contributed by atoms with Gasteiger partial charge in [-0.3, -0.25) is 9.59 Å². The van der Waals surface area contributed by atoms with Crippen molar-refractivity contribution in [3.05, 3.63) is 59.1 Å². The second-order valence-corrected chi connectivity index (χ2v) is 7.39. The van der Waals surface area contributed by atoms with E-state index >= 15 is 0 Å². The number of hydrogen-bond acceptors (Lipinski definition) is 4. The Morgan fingerprint density at radius 2 is 1.76 bits per heavy atom. The largest absolute Gasteiger partial charge is 0.497 e. The molecule has 1 atom stereocenters. The van der Waals surface area contributed by atoms with Gasteiger partial charge in [-0.1, -0.05) is 29.8 Å². The van der Waals surface area contributed by atoms with Gasteiger partial charge >= 0.3 is 0 Å². The fourth-order valence-electron chi connectivity index (χ4n) is 2.70. The van der Waals surface area contributed by atoms with E-state index in [2.05, 4.69) is 5.32 Å². The minimum absolute atomic E-state index is 0.0226. The van der Waals surface area contributed by atoms with E-state index in [-0.39, 0.29) is 31.0 Å². The molecule has 6 nitrogen and oxygen atoms in total. The van der Waals surface area contributed by atoms with E-state index in [1.165, 1.54) is 4.90 Å². The Morgan fingerprint density at radius 3 is 2.34 bits per heavy atom. The van der Waals surface area contributed by atoms with Crippen LogP contribution in [0.5, 0.6) is 11.5 Å². The van der Waals surface area contributed by atoms with Gasteiger partial charge in [0.05, 0.1) is 7.11 Å². The maximum absolute atomic E-state index is 12.9. The van der Waals surface area contributed by atoms with E-state index < -0.39 is 6.04 Å². The first-order valence-corrected chi connectivity index (χ1v) is 9.79. The molecule has 2 amide bonds. The topological polar surface area (TPSA) is 67.9 Å². The number of ether oxygens (including phenoxy) is 2. The van der Waals surface area contributed by atoms with Crippen LogP contribution >= 0.6 is 11.6 Å². The number of hydrogen-bond donors (Lipinski definition) is 1. The molecular weight excluding hydrogens is 392 g/mol. The van der Waals surface area contributed by atoms with E-state index in [4.69, 9.17) is 21.1 Å². The highest BCUT2D eigenvalue weighted by molar-refractivity contribution is 6.30. The number of carbonyl (C=O) groups is 2. The van der Waals surface area contributed by atoms with Gasteiger partial charge in [0.2, 0.25) is 5.91 Å². The minimum atomic E-state index is -0.657. The SMILES string of the molecule is COc1ccc(CN(C(=O)COc2cccc(Cl)c2)[C@@H](C)C(=O)NC(C)C)cc1. The van der Waals surface area contributed by atoms with Gasteiger partial charge in [-0.05, 0) is 56.7 Å². The smallest absolute Gasteiger partial charge is 0.261 e. The molecule has 2 aromatic rings. The summed E-state index contributed by atoms with van der Waals surface area (Å²) in [5.74, 6) is 0.702. The summed E-state index contributed by atoms with van der Waals surface area (Å²) in [6, 6.07) is 13.5. The van der Waals surface area contributed by atoms with Crippen LogP contribution in [0.2, 0.25) is 5.02 Å². The van der Waals surface area contributed by atoms with E-state index in [1.807, 2.05) is 38.1 Å². The van der Waals surface area contributed by atoms with Gasteiger partial charge in [0, 0.05) is 17.6 Å².